The lowest BCUT2D eigenvalue weighted by Crippen LogP contribution is -2.82. The van der Waals surface area contributed by atoms with Gasteiger partial charge in [-0.3, -0.25) is 0 Å². The van der Waals surface area contributed by atoms with Crippen molar-refractivity contribution in [3.63, 3.8) is 0 Å². The Labute approximate surface area is 168 Å². The number of quaternary nitrogens is 1. The molecule has 1 atom stereocenters. The Kier molecular flexibility index (Phi) is 7.51. The maximum atomic E-state index is 5.32. The van der Waals surface area contributed by atoms with Crippen LogP contribution in [0.4, 0.5) is 0 Å². The molecule has 0 heterocycles. The molecule has 0 aliphatic carbocycles. The molecule has 0 fully saturated rings. The van der Waals surface area contributed by atoms with E-state index in [0.29, 0.717) is 5.92 Å². The topological polar surface area (TPSA) is 35.1 Å². The third-order valence-corrected chi connectivity index (χ3v) is 5.17. The van der Waals surface area contributed by atoms with Crippen LogP contribution in [0.5, 0.6) is 11.5 Å². The molecule has 0 radical (unpaired) electrons. The van der Waals surface area contributed by atoms with E-state index in [1.54, 1.807) is 14.2 Å². The Hall–Kier alpha value is -2.78. The zero-order chi connectivity index (χ0) is 19.6. The smallest absolute Gasteiger partial charge is 0.118 e. The number of rotatable bonds is 10. The van der Waals surface area contributed by atoms with E-state index in [4.69, 9.17) is 9.47 Å². The number of methoxy groups -OCH3 is 2. The van der Waals surface area contributed by atoms with Crippen LogP contribution in [-0.2, 0) is 13.0 Å². The van der Waals surface area contributed by atoms with Crippen molar-refractivity contribution in [2.45, 2.75) is 25.3 Å². The van der Waals surface area contributed by atoms with E-state index < -0.39 is 0 Å². The highest BCUT2D eigenvalue weighted by Gasteiger charge is 2.14. The first kappa shape index (κ1) is 20.0. The normalized spacial score (nSPS) is 11.8. The highest BCUT2D eigenvalue weighted by atomic mass is 16.5. The molecule has 0 amide bonds. The fraction of sp³-hybridized carbons (Fsp3) is 0.280. The number of benzene rings is 3. The molecule has 2 N–H and O–H groups in total. The molecule has 146 valence electrons. The second-order valence-corrected chi connectivity index (χ2v) is 7.08. The van der Waals surface area contributed by atoms with Gasteiger partial charge in [-0.1, -0.05) is 42.5 Å². The minimum Gasteiger partial charge on any atom is -0.497 e. The lowest BCUT2D eigenvalue weighted by Gasteiger charge is -2.17. The van der Waals surface area contributed by atoms with Crippen molar-refractivity contribution in [3.05, 3.63) is 95.6 Å². The molecular weight excluding hydrogens is 346 g/mol. The van der Waals surface area contributed by atoms with Crippen LogP contribution in [-0.4, -0.2) is 20.8 Å². The fourth-order valence-electron chi connectivity index (χ4n) is 3.51. The van der Waals surface area contributed by atoms with Crippen LogP contribution < -0.4 is 14.8 Å². The van der Waals surface area contributed by atoms with Crippen molar-refractivity contribution in [3.8, 4) is 11.5 Å². The third kappa shape index (κ3) is 5.86. The van der Waals surface area contributed by atoms with E-state index in [1.807, 2.05) is 12.1 Å². The summed E-state index contributed by atoms with van der Waals surface area (Å²) in [5.41, 5.74) is 4.09. The average Bonchev–Trinajstić information content (AvgIpc) is 2.77. The summed E-state index contributed by atoms with van der Waals surface area (Å²) in [6.45, 7) is 2.08. The van der Waals surface area contributed by atoms with Gasteiger partial charge in [0.2, 0.25) is 0 Å². The molecule has 3 rings (SSSR count). The van der Waals surface area contributed by atoms with Crippen molar-refractivity contribution in [1.82, 2.24) is 0 Å². The van der Waals surface area contributed by atoms with Crippen LogP contribution in [0.3, 0.4) is 0 Å². The average molecular weight is 377 g/mol. The molecule has 3 heteroatoms. The van der Waals surface area contributed by atoms with Gasteiger partial charge in [0.1, 0.15) is 18.0 Å². The second-order valence-electron chi connectivity index (χ2n) is 7.08. The predicted molar refractivity (Wildman–Crippen MR) is 114 cm³/mol. The third-order valence-electron chi connectivity index (χ3n) is 5.17. The van der Waals surface area contributed by atoms with Crippen molar-refractivity contribution < 1.29 is 14.8 Å². The molecule has 3 aromatic rings. The summed E-state index contributed by atoms with van der Waals surface area (Å²) in [4.78, 5) is 0. The van der Waals surface area contributed by atoms with E-state index >= 15 is 0 Å². The Morgan fingerprint density at radius 3 is 1.93 bits per heavy atom. The van der Waals surface area contributed by atoms with Crippen LogP contribution in [0.1, 0.15) is 29.0 Å². The monoisotopic (exact) mass is 376 g/mol. The maximum Gasteiger partial charge on any atom is 0.118 e. The van der Waals surface area contributed by atoms with Gasteiger partial charge in [-0.15, -0.1) is 0 Å². The molecule has 0 spiro atoms. The number of hydrogen-bond donors (Lipinski definition) is 1. The SMILES string of the molecule is COc1ccc(C[NH2+]CC[C@H](Cc2ccccc2)c2ccc(OC)cc2)cc1. The zero-order valence-electron chi connectivity index (χ0n) is 16.8. The Morgan fingerprint density at radius 2 is 1.32 bits per heavy atom. The molecule has 0 bridgehead atoms. The van der Waals surface area contributed by atoms with E-state index in [9.17, 15) is 0 Å². The zero-order valence-corrected chi connectivity index (χ0v) is 16.8. The van der Waals surface area contributed by atoms with Gasteiger partial charge >= 0.3 is 0 Å². The molecule has 0 aliphatic rings. The second kappa shape index (κ2) is 10.5. The molecule has 3 nitrogen and oxygen atoms in total. The van der Waals surface area contributed by atoms with Crippen LogP contribution in [0.2, 0.25) is 0 Å². The molecular formula is C25H30NO2+. The molecule has 28 heavy (non-hydrogen) atoms. The molecule has 0 saturated heterocycles. The van der Waals surface area contributed by atoms with E-state index in [-0.39, 0.29) is 0 Å². The summed E-state index contributed by atoms with van der Waals surface area (Å²) in [6, 6.07) is 27.6. The summed E-state index contributed by atoms with van der Waals surface area (Å²) < 4.78 is 10.5. The van der Waals surface area contributed by atoms with Crippen LogP contribution in [0, 0.1) is 0 Å². The van der Waals surface area contributed by atoms with Gasteiger partial charge in [0.05, 0.1) is 20.8 Å². The van der Waals surface area contributed by atoms with Gasteiger partial charge in [0, 0.05) is 12.0 Å². The molecule has 3 aromatic carbocycles. The minimum absolute atomic E-state index is 0.500. The molecule has 0 aromatic heterocycles. The Morgan fingerprint density at radius 1 is 0.714 bits per heavy atom. The van der Waals surface area contributed by atoms with Crippen LogP contribution in [0.15, 0.2) is 78.9 Å². The summed E-state index contributed by atoms with van der Waals surface area (Å²) >= 11 is 0. The largest absolute Gasteiger partial charge is 0.497 e. The van der Waals surface area contributed by atoms with Gasteiger partial charge in [-0.05, 0) is 59.9 Å². The van der Waals surface area contributed by atoms with Crippen molar-refractivity contribution in [2.24, 2.45) is 0 Å². The summed E-state index contributed by atoms with van der Waals surface area (Å²) in [7, 11) is 3.41. The minimum atomic E-state index is 0.500. The summed E-state index contributed by atoms with van der Waals surface area (Å²) in [5.74, 6) is 2.32. The van der Waals surface area contributed by atoms with Crippen molar-refractivity contribution in [1.29, 1.82) is 0 Å². The van der Waals surface area contributed by atoms with Crippen molar-refractivity contribution in [2.75, 3.05) is 20.8 Å². The quantitative estimate of drug-likeness (QED) is 0.539. The number of ether oxygens (including phenoxy) is 2. The van der Waals surface area contributed by atoms with Gasteiger partial charge in [0.25, 0.3) is 0 Å². The number of nitrogens with two attached hydrogens (primary N) is 1. The van der Waals surface area contributed by atoms with E-state index in [2.05, 4.69) is 72.0 Å². The molecule has 0 unspecified atom stereocenters. The first-order valence-corrected chi connectivity index (χ1v) is 9.91. The molecule has 0 saturated carbocycles. The standard InChI is InChI=1S/C25H29NO2/c1-27-24-12-8-21(9-13-24)19-26-17-16-23(18-20-6-4-3-5-7-20)22-10-14-25(28-2)15-11-22/h3-15,23,26H,16-19H2,1-2H3/p+1/t23-/m1/s1. The highest BCUT2D eigenvalue weighted by Crippen LogP contribution is 2.25. The predicted octanol–water partition coefficient (Wildman–Crippen LogP) is 4.18. The fourth-order valence-corrected chi connectivity index (χ4v) is 3.51. The summed E-state index contributed by atoms with van der Waals surface area (Å²) in [5, 5.41) is 2.39. The first-order chi connectivity index (χ1) is 13.8. The lowest BCUT2D eigenvalue weighted by atomic mass is 9.89. The molecule has 0 aliphatic heterocycles. The summed E-state index contributed by atoms with van der Waals surface area (Å²) in [6.07, 6.45) is 2.20. The highest BCUT2D eigenvalue weighted by molar-refractivity contribution is 5.31. The van der Waals surface area contributed by atoms with Gasteiger partial charge in [-0.2, -0.15) is 0 Å². The van der Waals surface area contributed by atoms with Gasteiger partial charge in [0.15, 0.2) is 0 Å². The first-order valence-electron chi connectivity index (χ1n) is 9.91. The van der Waals surface area contributed by atoms with Crippen molar-refractivity contribution >= 4 is 0 Å². The Balaban J connectivity index is 1.59. The van der Waals surface area contributed by atoms with Gasteiger partial charge < -0.3 is 14.8 Å². The number of hydrogen-bond acceptors (Lipinski definition) is 2. The van der Waals surface area contributed by atoms with E-state index in [1.165, 1.54) is 16.7 Å². The van der Waals surface area contributed by atoms with Crippen LogP contribution >= 0.6 is 0 Å². The Bertz CT molecular complexity index is 813. The van der Waals surface area contributed by atoms with Gasteiger partial charge in [-0.25, -0.2) is 0 Å². The maximum absolute atomic E-state index is 5.32. The van der Waals surface area contributed by atoms with Crippen LogP contribution in [0.25, 0.3) is 0 Å². The van der Waals surface area contributed by atoms with E-state index in [0.717, 1.165) is 37.4 Å². The lowest BCUT2D eigenvalue weighted by molar-refractivity contribution is -0.671.